The molecule has 0 bridgehead atoms. The predicted octanol–water partition coefficient (Wildman–Crippen LogP) is 1.29. The van der Waals surface area contributed by atoms with Crippen molar-refractivity contribution in [2.75, 3.05) is 27.2 Å². The third-order valence-corrected chi connectivity index (χ3v) is 5.02. The first kappa shape index (κ1) is 18.0. The van der Waals surface area contributed by atoms with Crippen molar-refractivity contribution < 1.29 is 14.3 Å². The highest BCUT2D eigenvalue weighted by Crippen LogP contribution is 2.51. The number of rotatable bonds is 7. The fourth-order valence-corrected chi connectivity index (χ4v) is 3.71. The number of benzene rings is 1. The molecular weight excluding hydrogens is 342 g/mol. The van der Waals surface area contributed by atoms with E-state index in [0.717, 1.165) is 12.8 Å². The van der Waals surface area contributed by atoms with Crippen molar-refractivity contribution in [3.05, 3.63) is 29.3 Å². The Morgan fingerprint density at radius 2 is 1.68 bits per heavy atom. The van der Waals surface area contributed by atoms with Crippen LogP contribution in [0.1, 0.15) is 12.8 Å². The van der Waals surface area contributed by atoms with E-state index < -0.39 is 0 Å². The lowest BCUT2D eigenvalue weighted by atomic mass is 10.1. The second kappa shape index (κ2) is 7.62. The first-order chi connectivity index (χ1) is 11.9. The highest BCUT2D eigenvalue weighted by molar-refractivity contribution is 6.30. The molecule has 2 aliphatic rings. The maximum Gasteiger partial charge on any atom is 0.258 e. The Morgan fingerprint density at radius 3 is 2.28 bits per heavy atom. The fourth-order valence-electron chi connectivity index (χ4n) is 3.58. The number of halogens is 1. The van der Waals surface area contributed by atoms with Crippen LogP contribution in [0.5, 0.6) is 5.75 Å². The normalized spacial score (nSPS) is 26.9. The number of carbonyl (C=O) groups is 2. The summed E-state index contributed by atoms with van der Waals surface area (Å²) in [5.74, 6) is 1.49. The summed E-state index contributed by atoms with van der Waals surface area (Å²) in [6, 6.07) is 7.20. The summed E-state index contributed by atoms with van der Waals surface area (Å²) >= 11 is 5.82. The largest absolute Gasteiger partial charge is 0.484 e. The van der Waals surface area contributed by atoms with Gasteiger partial charge in [0.25, 0.3) is 5.91 Å². The topological polar surface area (TPSA) is 70.7 Å². The summed E-state index contributed by atoms with van der Waals surface area (Å²) in [7, 11) is 3.75. The van der Waals surface area contributed by atoms with Gasteiger partial charge in [0, 0.05) is 17.1 Å². The zero-order valence-corrected chi connectivity index (χ0v) is 15.3. The van der Waals surface area contributed by atoms with Gasteiger partial charge in [-0.15, -0.1) is 0 Å². The second-order valence-electron chi connectivity index (χ2n) is 7.13. The van der Waals surface area contributed by atoms with Gasteiger partial charge in [-0.25, -0.2) is 0 Å². The standard InChI is InChI=1S/C18H24ClN3O3/c1-22(2)9-17(23)20-15-8-16(14-7-13(14)15)21-18(24)10-25-12-5-3-11(19)4-6-12/h3-6,13-16H,7-10H2,1-2H3,(H,20,23)(H,21,24)/t13?,14?,15?,16-/m0/s1. The quantitative estimate of drug-likeness (QED) is 0.764. The minimum atomic E-state index is -0.133. The molecular formula is C18H24ClN3O3. The molecule has 3 rings (SSSR count). The van der Waals surface area contributed by atoms with Crippen molar-refractivity contribution in [2.24, 2.45) is 11.8 Å². The van der Waals surface area contributed by atoms with E-state index in [-0.39, 0.29) is 30.5 Å². The van der Waals surface area contributed by atoms with Crippen LogP contribution < -0.4 is 15.4 Å². The van der Waals surface area contributed by atoms with Gasteiger partial charge in [-0.05, 0) is 63.0 Å². The lowest BCUT2D eigenvalue weighted by Gasteiger charge is -2.20. The van der Waals surface area contributed by atoms with E-state index in [1.54, 1.807) is 24.3 Å². The number of likely N-dealkylation sites (N-methyl/N-ethyl adjacent to an activating group) is 1. The Balaban J connectivity index is 1.42. The lowest BCUT2D eigenvalue weighted by molar-refractivity contribution is -0.124. The van der Waals surface area contributed by atoms with Crippen molar-refractivity contribution in [1.29, 1.82) is 0 Å². The van der Waals surface area contributed by atoms with Crippen LogP contribution in [-0.4, -0.2) is 56.0 Å². The van der Waals surface area contributed by atoms with E-state index in [1.807, 2.05) is 19.0 Å². The van der Waals surface area contributed by atoms with E-state index >= 15 is 0 Å². The molecule has 2 N–H and O–H groups in total. The number of amides is 2. The summed E-state index contributed by atoms with van der Waals surface area (Å²) in [4.78, 5) is 25.9. The van der Waals surface area contributed by atoms with E-state index in [0.29, 0.717) is 29.2 Å². The van der Waals surface area contributed by atoms with Crippen LogP contribution in [-0.2, 0) is 9.59 Å². The summed E-state index contributed by atoms with van der Waals surface area (Å²) in [6.07, 6.45) is 1.86. The molecule has 0 aromatic heterocycles. The number of nitrogens with zero attached hydrogens (tertiary/aromatic N) is 1. The van der Waals surface area contributed by atoms with Gasteiger partial charge in [-0.3, -0.25) is 9.59 Å². The molecule has 7 heteroatoms. The SMILES string of the molecule is CN(C)CC(=O)NC1C[C@H](NC(=O)COc2ccc(Cl)cc2)C2CC12. The van der Waals surface area contributed by atoms with Gasteiger partial charge >= 0.3 is 0 Å². The Bertz CT molecular complexity index is 635. The lowest BCUT2D eigenvalue weighted by Crippen LogP contribution is -2.43. The van der Waals surface area contributed by atoms with Crippen molar-refractivity contribution in [1.82, 2.24) is 15.5 Å². The average Bonchev–Trinajstić information content (AvgIpc) is 3.27. The minimum Gasteiger partial charge on any atom is -0.484 e. The van der Waals surface area contributed by atoms with Crippen molar-refractivity contribution >= 4 is 23.4 Å². The van der Waals surface area contributed by atoms with E-state index in [9.17, 15) is 9.59 Å². The Morgan fingerprint density at radius 1 is 1.08 bits per heavy atom. The third-order valence-electron chi connectivity index (χ3n) is 4.77. The van der Waals surface area contributed by atoms with Gasteiger partial charge in [0.15, 0.2) is 6.61 Å². The van der Waals surface area contributed by atoms with E-state index in [1.165, 1.54) is 0 Å². The van der Waals surface area contributed by atoms with Crippen molar-refractivity contribution in [2.45, 2.75) is 24.9 Å². The van der Waals surface area contributed by atoms with Crippen LogP contribution in [0.25, 0.3) is 0 Å². The number of ether oxygens (including phenoxy) is 1. The Kier molecular flexibility index (Phi) is 5.49. The predicted molar refractivity (Wildman–Crippen MR) is 95.6 cm³/mol. The molecule has 0 saturated heterocycles. The van der Waals surface area contributed by atoms with E-state index in [4.69, 9.17) is 16.3 Å². The molecule has 2 aliphatic carbocycles. The van der Waals surface area contributed by atoms with Crippen molar-refractivity contribution in [3.63, 3.8) is 0 Å². The highest BCUT2D eigenvalue weighted by Gasteiger charge is 2.55. The molecule has 0 heterocycles. The molecule has 6 nitrogen and oxygen atoms in total. The minimum absolute atomic E-state index is 0.0207. The summed E-state index contributed by atoms with van der Waals surface area (Å²) in [5.41, 5.74) is 0. The van der Waals surface area contributed by atoms with E-state index in [2.05, 4.69) is 10.6 Å². The molecule has 25 heavy (non-hydrogen) atoms. The number of nitrogens with one attached hydrogen (secondary N) is 2. The molecule has 0 radical (unpaired) electrons. The molecule has 2 amide bonds. The molecule has 1 aromatic rings. The molecule has 2 saturated carbocycles. The van der Waals surface area contributed by atoms with Crippen LogP contribution in [0.3, 0.4) is 0 Å². The monoisotopic (exact) mass is 365 g/mol. The van der Waals surface area contributed by atoms with Gasteiger partial charge in [0.1, 0.15) is 5.75 Å². The van der Waals surface area contributed by atoms with Gasteiger partial charge in [0.05, 0.1) is 6.54 Å². The van der Waals surface area contributed by atoms with Crippen LogP contribution in [0, 0.1) is 11.8 Å². The molecule has 1 aromatic carbocycles. The zero-order chi connectivity index (χ0) is 18.0. The summed E-state index contributed by atoms with van der Waals surface area (Å²) in [6.45, 7) is 0.368. The van der Waals surface area contributed by atoms with Crippen LogP contribution in [0.2, 0.25) is 5.02 Å². The van der Waals surface area contributed by atoms with Gasteiger partial charge < -0.3 is 20.3 Å². The smallest absolute Gasteiger partial charge is 0.258 e. The second-order valence-corrected chi connectivity index (χ2v) is 7.56. The molecule has 2 fully saturated rings. The summed E-state index contributed by atoms with van der Waals surface area (Å²) < 4.78 is 5.47. The van der Waals surface area contributed by atoms with Gasteiger partial charge in [-0.2, -0.15) is 0 Å². The fraction of sp³-hybridized carbons (Fsp3) is 0.556. The molecule has 4 atom stereocenters. The first-order valence-corrected chi connectivity index (χ1v) is 8.92. The maximum atomic E-state index is 12.1. The maximum absolute atomic E-state index is 12.1. The summed E-state index contributed by atoms with van der Waals surface area (Å²) in [5, 5.41) is 6.77. The number of hydrogen-bond donors (Lipinski definition) is 2. The van der Waals surface area contributed by atoms with Crippen LogP contribution in [0.4, 0.5) is 0 Å². The number of carbonyl (C=O) groups excluding carboxylic acids is 2. The molecule has 0 aliphatic heterocycles. The van der Waals surface area contributed by atoms with Crippen molar-refractivity contribution in [3.8, 4) is 5.75 Å². The third kappa shape index (κ3) is 4.86. The number of fused-ring (bicyclic) bond motifs is 1. The average molecular weight is 366 g/mol. The van der Waals surface area contributed by atoms with Gasteiger partial charge in [-0.1, -0.05) is 11.6 Å². The zero-order valence-electron chi connectivity index (χ0n) is 14.5. The Labute approximate surface area is 152 Å². The van der Waals surface area contributed by atoms with Crippen LogP contribution in [0.15, 0.2) is 24.3 Å². The van der Waals surface area contributed by atoms with Gasteiger partial charge in [0.2, 0.25) is 5.91 Å². The molecule has 3 unspecified atom stereocenters. The Hall–Kier alpha value is -1.79. The number of hydrogen-bond acceptors (Lipinski definition) is 4. The highest BCUT2D eigenvalue weighted by atomic mass is 35.5. The van der Waals surface area contributed by atoms with Crippen LogP contribution >= 0.6 is 11.6 Å². The molecule has 0 spiro atoms. The molecule has 136 valence electrons. The first-order valence-electron chi connectivity index (χ1n) is 8.54.